The molecule has 1 aliphatic heterocycles. The summed E-state index contributed by atoms with van der Waals surface area (Å²) in [6.07, 6.45) is 1.14. The Bertz CT molecular complexity index is 462. The number of nitrogens with two attached hydrogens (primary N) is 1. The van der Waals surface area contributed by atoms with Crippen LogP contribution in [0.5, 0.6) is 0 Å². The summed E-state index contributed by atoms with van der Waals surface area (Å²) in [6, 6.07) is 8.06. The van der Waals surface area contributed by atoms with Gasteiger partial charge in [-0.05, 0) is 52.9 Å². The van der Waals surface area contributed by atoms with Crippen LogP contribution in [0.25, 0.3) is 0 Å². The van der Waals surface area contributed by atoms with Crippen LogP contribution in [0.15, 0.2) is 28.7 Å². The fourth-order valence-corrected chi connectivity index (χ4v) is 3.32. The molecule has 1 aromatic carbocycles. The number of rotatable bonds is 2. The molecule has 2 fully saturated rings. The molecular formula is C13H15BrN2O. The molecule has 2 aliphatic rings. The molecule has 1 aromatic rings. The quantitative estimate of drug-likeness (QED) is 0.905. The maximum Gasteiger partial charge on any atom is 0.255 e. The first kappa shape index (κ1) is 11.2. The van der Waals surface area contributed by atoms with E-state index in [-0.39, 0.29) is 5.91 Å². The molecule has 17 heavy (non-hydrogen) atoms. The third-order valence-corrected chi connectivity index (χ3v) is 4.60. The number of amides is 1. The van der Waals surface area contributed by atoms with E-state index >= 15 is 0 Å². The highest BCUT2D eigenvalue weighted by Gasteiger charge is 2.54. The van der Waals surface area contributed by atoms with E-state index in [2.05, 4.69) is 15.9 Å². The molecule has 0 spiro atoms. The lowest BCUT2D eigenvalue weighted by atomic mass is 10.1. The summed E-state index contributed by atoms with van der Waals surface area (Å²) in [6.45, 7) is 1.52. The Morgan fingerprint density at radius 3 is 2.88 bits per heavy atom. The molecule has 90 valence electrons. The molecule has 1 aliphatic carbocycles. The molecule has 4 heteroatoms. The highest BCUT2D eigenvalue weighted by Crippen LogP contribution is 2.48. The molecule has 3 unspecified atom stereocenters. The predicted molar refractivity (Wildman–Crippen MR) is 69.6 cm³/mol. The molecule has 1 heterocycles. The van der Waals surface area contributed by atoms with Crippen molar-refractivity contribution in [2.24, 2.45) is 17.6 Å². The van der Waals surface area contributed by atoms with Gasteiger partial charge < -0.3 is 10.6 Å². The monoisotopic (exact) mass is 294 g/mol. The van der Waals surface area contributed by atoms with Crippen molar-refractivity contribution in [2.45, 2.75) is 12.5 Å². The summed E-state index contributed by atoms with van der Waals surface area (Å²) in [5, 5.41) is 0. The van der Waals surface area contributed by atoms with Gasteiger partial charge >= 0.3 is 0 Å². The Labute approximate surface area is 109 Å². The summed E-state index contributed by atoms with van der Waals surface area (Å²) in [5.74, 6) is 1.30. The van der Waals surface area contributed by atoms with Gasteiger partial charge in [-0.3, -0.25) is 4.79 Å². The number of hydrogen-bond acceptors (Lipinski definition) is 2. The molecule has 0 radical (unpaired) electrons. The van der Waals surface area contributed by atoms with Gasteiger partial charge in [0.15, 0.2) is 0 Å². The second-order valence-corrected chi connectivity index (χ2v) is 5.75. The summed E-state index contributed by atoms with van der Waals surface area (Å²) < 4.78 is 0.874. The smallest absolute Gasteiger partial charge is 0.255 e. The fraction of sp³-hybridized carbons (Fsp3) is 0.462. The first-order chi connectivity index (χ1) is 8.22. The van der Waals surface area contributed by atoms with Crippen LogP contribution in [-0.2, 0) is 0 Å². The Morgan fingerprint density at radius 2 is 2.24 bits per heavy atom. The van der Waals surface area contributed by atoms with Gasteiger partial charge in [0.05, 0.1) is 5.56 Å². The van der Waals surface area contributed by atoms with Crippen molar-refractivity contribution in [3.8, 4) is 0 Å². The summed E-state index contributed by atoms with van der Waals surface area (Å²) in [7, 11) is 0. The first-order valence-electron chi connectivity index (χ1n) is 5.98. The van der Waals surface area contributed by atoms with Gasteiger partial charge in [0.1, 0.15) is 0 Å². The number of halogens is 1. The normalized spacial score (nSPS) is 30.2. The lowest BCUT2D eigenvalue weighted by Gasteiger charge is -2.20. The van der Waals surface area contributed by atoms with Crippen molar-refractivity contribution in [3.63, 3.8) is 0 Å². The topological polar surface area (TPSA) is 46.3 Å². The predicted octanol–water partition coefficient (Wildman–Crippen LogP) is 1.87. The maximum atomic E-state index is 12.4. The van der Waals surface area contributed by atoms with E-state index in [0.717, 1.165) is 23.0 Å². The highest BCUT2D eigenvalue weighted by atomic mass is 79.9. The van der Waals surface area contributed by atoms with Crippen LogP contribution in [0.2, 0.25) is 0 Å². The van der Waals surface area contributed by atoms with Crippen molar-refractivity contribution in [3.05, 3.63) is 34.3 Å². The van der Waals surface area contributed by atoms with Gasteiger partial charge in [-0.2, -0.15) is 0 Å². The van der Waals surface area contributed by atoms with E-state index in [0.29, 0.717) is 24.4 Å². The average Bonchev–Trinajstić information content (AvgIpc) is 3.04. The Hall–Kier alpha value is -0.870. The van der Waals surface area contributed by atoms with Gasteiger partial charge in [-0.25, -0.2) is 0 Å². The van der Waals surface area contributed by atoms with Gasteiger partial charge in [-0.15, -0.1) is 0 Å². The third kappa shape index (κ3) is 1.79. The lowest BCUT2D eigenvalue weighted by molar-refractivity contribution is 0.0758. The van der Waals surface area contributed by atoms with Gasteiger partial charge in [0.2, 0.25) is 0 Å². The number of carbonyl (C=O) groups excluding carboxylic acids is 1. The molecular weight excluding hydrogens is 280 g/mol. The Balaban J connectivity index is 1.82. The zero-order valence-electron chi connectivity index (χ0n) is 9.47. The number of carbonyl (C=O) groups is 1. The molecule has 2 N–H and O–H groups in total. The Morgan fingerprint density at radius 1 is 1.47 bits per heavy atom. The van der Waals surface area contributed by atoms with Crippen molar-refractivity contribution < 1.29 is 4.79 Å². The molecule has 3 rings (SSSR count). The van der Waals surface area contributed by atoms with Crippen LogP contribution in [-0.4, -0.2) is 29.9 Å². The molecule has 3 nitrogen and oxygen atoms in total. The fourth-order valence-electron chi connectivity index (χ4n) is 2.86. The SMILES string of the molecule is NCC1CN(C(=O)c2ccccc2Br)C2CC12. The van der Waals surface area contributed by atoms with E-state index in [1.165, 1.54) is 0 Å². The standard InChI is InChI=1S/C13H15BrN2O/c14-11-4-2-1-3-9(11)13(17)16-7-8(6-15)10-5-12(10)16/h1-4,8,10,12H,5-7,15H2. The zero-order valence-corrected chi connectivity index (χ0v) is 11.1. The van der Waals surface area contributed by atoms with Gasteiger partial charge in [-0.1, -0.05) is 12.1 Å². The van der Waals surface area contributed by atoms with Crippen molar-refractivity contribution >= 4 is 21.8 Å². The summed E-state index contributed by atoms with van der Waals surface area (Å²) in [4.78, 5) is 14.4. The minimum absolute atomic E-state index is 0.140. The number of benzene rings is 1. The first-order valence-corrected chi connectivity index (χ1v) is 6.77. The summed E-state index contributed by atoms with van der Waals surface area (Å²) in [5.41, 5.74) is 6.49. The minimum atomic E-state index is 0.140. The van der Waals surface area contributed by atoms with Crippen LogP contribution in [0.3, 0.4) is 0 Å². The van der Waals surface area contributed by atoms with E-state index in [4.69, 9.17) is 5.73 Å². The van der Waals surface area contributed by atoms with Crippen LogP contribution in [0, 0.1) is 11.8 Å². The van der Waals surface area contributed by atoms with Gasteiger partial charge in [0, 0.05) is 17.1 Å². The number of fused-ring (bicyclic) bond motifs is 1. The molecule has 1 saturated carbocycles. The lowest BCUT2D eigenvalue weighted by Crippen LogP contribution is -2.33. The highest BCUT2D eigenvalue weighted by molar-refractivity contribution is 9.10. The molecule has 3 atom stereocenters. The number of hydrogen-bond donors (Lipinski definition) is 1. The van der Waals surface area contributed by atoms with Crippen LogP contribution in [0.4, 0.5) is 0 Å². The third-order valence-electron chi connectivity index (χ3n) is 3.91. The van der Waals surface area contributed by atoms with Crippen LogP contribution in [0.1, 0.15) is 16.8 Å². The maximum absolute atomic E-state index is 12.4. The largest absolute Gasteiger partial charge is 0.335 e. The van der Waals surface area contributed by atoms with Crippen LogP contribution < -0.4 is 5.73 Å². The van der Waals surface area contributed by atoms with Crippen molar-refractivity contribution in [1.82, 2.24) is 4.90 Å². The van der Waals surface area contributed by atoms with Crippen molar-refractivity contribution in [1.29, 1.82) is 0 Å². The minimum Gasteiger partial charge on any atom is -0.335 e. The number of piperidine rings is 1. The van der Waals surface area contributed by atoms with Crippen LogP contribution >= 0.6 is 15.9 Å². The van der Waals surface area contributed by atoms with E-state index in [1.54, 1.807) is 0 Å². The Kier molecular flexibility index (Phi) is 2.71. The second-order valence-electron chi connectivity index (χ2n) is 4.90. The van der Waals surface area contributed by atoms with E-state index in [9.17, 15) is 4.79 Å². The molecule has 0 bridgehead atoms. The second kappa shape index (κ2) is 4.10. The van der Waals surface area contributed by atoms with E-state index in [1.807, 2.05) is 29.2 Å². The molecule has 0 aromatic heterocycles. The zero-order chi connectivity index (χ0) is 12.0. The van der Waals surface area contributed by atoms with E-state index < -0.39 is 0 Å². The molecule has 1 saturated heterocycles. The number of likely N-dealkylation sites (tertiary alicyclic amines) is 1. The summed E-state index contributed by atoms with van der Waals surface area (Å²) >= 11 is 3.44. The van der Waals surface area contributed by atoms with Crippen molar-refractivity contribution in [2.75, 3.05) is 13.1 Å². The number of nitrogens with zero attached hydrogens (tertiary/aromatic N) is 1. The average molecular weight is 295 g/mol. The van der Waals surface area contributed by atoms with Gasteiger partial charge in [0.25, 0.3) is 5.91 Å². The molecule has 1 amide bonds.